The van der Waals surface area contributed by atoms with E-state index in [0.717, 1.165) is 5.01 Å². The third-order valence-corrected chi connectivity index (χ3v) is 2.49. The molecule has 8 nitrogen and oxygen atoms in total. The Bertz CT molecular complexity index is 500. The lowest BCUT2D eigenvalue weighted by atomic mass is 10.4. The van der Waals surface area contributed by atoms with Crippen LogP contribution in [-0.4, -0.2) is 40.8 Å². The van der Waals surface area contributed by atoms with Crippen LogP contribution in [0.4, 0.5) is 10.7 Å². The second-order valence-electron chi connectivity index (χ2n) is 3.42. The van der Waals surface area contributed by atoms with Gasteiger partial charge < -0.3 is 9.15 Å². The Morgan fingerprint density at radius 2 is 2.44 bits per heavy atom. The topological polar surface area (TPSA) is 98.2 Å². The Morgan fingerprint density at radius 3 is 3.00 bits per heavy atom. The summed E-state index contributed by atoms with van der Waals surface area (Å²) in [6, 6.07) is 2.58. The quantitative estimate of drug-likeness (QED) is 0.359. The predicted octanol–water partition coefficient (Wildman–Crippen LogP) is 1.58. The third kappa shape index (κ3) is 2.59. The van der Waals surface area contributed by atoms with Crippen LogP contribution < -0.4 is 0 Å². The molecule has 96 valence electrons. The van der Waals surface area contributed by atoms with Gasteiger partial charge in [0.05, 0.1) is 24.7 Å². The van der Waals surface area contributed by atoms with Crippen LogP contribution in [0, 0.1) is 10.1 Å². The molecule has 1 aliphatic heterocycles. The molecular formula is C9H8ClN3O5. The number of nitro groups is 1. The number of carbonyl (C=O) groups excluding carboxylic acids is 1. The standard InChI is InChI=1S/C9H8ClN3O5/c10-3-7-5-12(9(14)18-7)11-4-6-1-2-8(17-6)13(15)16/h1-2,4,7H,3,5H2/b11-4+/t7-/m0/s1. The van der Waals surface area contributed by atoms with Gasteiger partial charge in [-0.3, -0.25) is 10.1 Å². The van der Waals surface area contributed by atoms with Gasteiger partial charge in [-0.1, -0.05) is 0 Å². The summed E-state index contributed by atoms with van der Waals surface area (Å²) < 4.78 is 9.70. The molecule has 0 bridgehead atoms. The molecule has 1 saturated heterocycles. The first-order valence-corrected chi connectivity index (χ1v) is 5.46. The first-order valence-electron chi connectivity index (χ1n) is 4.92. The smallest absolute Gasteiger partial charge is 0.433 e. The fourth-order valence-electron chi connectivity index (χ4n) is 1.32. The molecular weight excluding hydrogens is 266 g/mol. The summed E-state index contributed by atoms with van der Waals surface area (Å²) in [5.41, 5.74) is 0. The highest BCUT2D eigenvalue weighted by Gasteiger charge is 2.30. The van der Waals surface area contributed by atoms with E-state index in [-0.39, 0.29) is 24.1 Å². The van der Waals surface area contributed by atoms with Crippen LogP contribution in [0.3, 0.4) is 0 Å². The van der Waals surface area contributed by atoms with E-state index >= 15 is 0 Å². The lowest BCUT2D eigenvalue weighted by Gasteiger charge is -2.02. The molecule has 2 heterocycles. The second kappa shape index (κ2) is 5.05. The Morgan fingerprint density at radius 1 is 1.67 bits per heavy atom. The van der Waals surface area contributed by atoms with Gasteiger partial charge in [-0.15, -0.1) is 11.6 Å². The van der Waals surface area contributed by atoms with Crippen molar-refractivity contribution in [2.45, 2.75) is 6.10 Å². The van der Waals surface area contributed by atoms with Crippen molar-refractivity contribution in [3.05, 3.63) is 28.0 Å². The maximum atomic E-state index is 11.3. The van der Waals surface area contributed by atoms with Crippen molar-refractivity contribution in [2.24, 2.45) is 5.10 Å². The maximum absolute atomic E-state index is 11.3. The first kappa shape index (κ1) is 12.4. The van der Waals surface area contributed by atoms with Crippen molar-refractivity contribution in [1.29, 1.82) is 0 Å². The molecule has 1 amide bonds. The summed E-state index contributed by atoms with van der Waals surface area (Å²) >= 11 is 5.54. The zero-order valence-corrected chi connectivity index (χ0v) is 9.74. The van der Waals surface area contributed by atoms with Crippen molar-refractivity contribution in [3.63, 3.8) is 0 Å². The lowest BCUT2D eigenvalue weighted by Crippen LogP contribution is -2.19. The van der Waals surface area contributed by atoms with Crippen LogP contribution in [0.1, 0.15) is 5.76 Å². The predicted molar refractivity (Wildman–Crippen MR) is 60.7 cm³/mol. The van der Waals surface area contributed by atoms with E-state index in [0.29, 0.717) is 0 Å². The Balaban J connectivity index is 2.02. The molecule has 0 saturated carbocycles. The van der Waals surface area contributed by atoms with Crippen molar-refractivity contribution in [2.75, 3.05) is 12.4 Å². The second-order valence-corrected chi connectivity index (χ2v) is 3.73. The molecule has 1 aliphatic rings. The van der Waals surface area contributed by atoms with Gasteiger partial charge in [0.2, 0.25) is 0 Å². The summed E-state index contributed by atoms with van der Waals surface area (Å²) in [4.78, 5) is 21.0. The highest BCUT2D eigenvalue weighted by molar-refractivity contribution is 6.18. The molecule has 1 aromatic rings. The maximum Gasteiger partial charge on any atom is 0.433 e. The van der Waals surface area contributed by atoms with Crippen LogP contribution in [0.5, 0.6) is 0 Å². The number of carbonyl (C=O) groups is 1. The number of furan rings is 1. The fraction of sp³-hybridized carbons (Fsp3) is 0.333. The van der Waals surface area contributed by atoms with Crippen molar-refractivity contribution in [1.82, 2.24) is 5.01 Å². The number of ether oxygens (including phenoxy) is 1. The summed E-state index contributed by atoms with van der Waals surface area (Å²) in [7, 11) is 0. The summed E-state index contributed by atoms with van der Waals surface area (Å²) in [5.74, 6) is -0.0350. The van der Waals surface area contributed by atoms with Gasteiger partial charge in [0.1, 0.15) is 11.0 Å². The summed E-state index contributed by atoms with van der Waals surface area (Å²) in [6.45, 7) is 0.238. The monoisotopic (exact) mass is 273 g/mol. The molecule has 0 radical (unpaired) electrons. The minimum Gasteiger partial charge on any atom is -0.442 e. The van der Waals surface area contributed by atoms with Gasteiger partial charge in [-0.2, -0.15) is 10.1 Å². The average molecular weight is 274 g/mol. The number of halogens is 1. The molecule has 1 fully saturated rings. The Hall–Kier alpha value is -2.09. The molecule has 0 spiro atoms. The molecule has 0 aliphatic carbocycles. The molecule has 1 aromatic heterocycles. The molecule has 1 atom stereocenters. The van der Waals surface area contributed by atoms with Gasteiger partial charge in [-0.25, -0.2) is 4.79 Å². The summed E-state index contributed by atoms with van der Waals surface area (Å²) in [5, 5.41) is 15.3. The van der Waals surface area contributed by atoms with E-state index in [4.69, 9.17) is 20.8 Å². The van der Waals surface area contributed by atoms with Crippen molar-refractivity contribution >= 4 is 29.8 Å². The zero-order chi connectivity index (χ0) is 13.1. The van der Waals surface area contributed by atoms with Gasteiger partial charge in [-0.05, 0) is 6.07 Å². The minimum absolute atomic E-state index is 0.170. The van der Waals surface area contributed by atoms with E-state index in [1.54, 1.807) is 0 Å². The number of alkyl halides is 1. The number of hydrogen-bond acceptors (Lipinski definition) is 6. The SMILES string of the molecule is O=C1O[C@@H](CCl)CN1/N=C/c1ccc([N+](=O)[O-])o1. The number of hydrogen-bond donors (Lipinski definition) is 0. The van der Waals surface area contributed by atoms with E-state index in [9.17, 15) is 14.9 Å². The van der Waals surface area contributed by atoms with Gasteiger partial charge in [0.15, 0.2) is 5.76 Å². The van der Waals surface area contributed by atoms with Gasteiger partial charge in [0, 0.05) is 0 Å². The van der Waals surface area contributed by atoms with E-state index in [1.165, 1.54) is 18.3 Å². The molecule has 0 unspecified atom stereocenters. The average Bonchev–Trinajstić information content (AvgIpc) is 2.93. The fourth-order valence-corrected chi connectivity index (χ4v) is 1.48. The molecule has 0 N–H and O–H groups in total. The molecule has 9 heteroatoms. The molecule has 2 rings (SSSR count). The normalized spacial score (nSPS) is 19.5. The zero-order valence-electron chi connectivity index (χ0n) is 8.98. The van der Waals surface area contributed by atoms with Crippen molar-refractivity contribution < 1.29 is 18.9 Å². The summed E-state index contributed by atoms with van der Waals surface area (Å²) in [6.07, 6.45) is 0.186. The largest absolute Gasteiger partial charge is 0.442 e. The number of cyclic esters (lactones) is 1. The Labute approximate surface area is 106 Å². The lowest BCUT2D eigenvalue weighted by molar-refractivity contribution is -0.402. The highest BCUT2D eigenvalue weighted by Crippen LogP contribution is 2.15. The van der Waals surface area contributed by atoms with E-state index in [1.807, 2.05) is 0 Å². The number of amides is 1. The number of rotatable bonds is 4. The number of hydrazone groups is 1. The van der Waals surface area contributed by atoms with Crippen molar-refractivity contribution in [3.8, 4) is 0 Å². The van der Waals surface area contributed by atoms with Crippen LogP contribution in [-0.2, 0) is 4.74 Å². The van der Waals surface area contributed by atoms with Crippen LogP contribution in [0.25, 0.3) is 0 Å². The van der Waals surface area contributed by atoms with Crippen LogP contribution in [0.15, 0.2) is 21.7 Å². The van der Waals surface area contributed by atoms with E-state index < -0.39 is 17.1 Å². The van der Waals surface area contributed by atoms with Gasteiger partial charge in [0.25, 0.3) is 0 Å². The number of nitrogens with zero attached hydrogens (tertiary/aromatic N) is 3. The third-order valence-electron chi connectivity index (χ3n) is 2.14. The van der Waals surface area contributed by atoms with Crippen LogP contribution in [0.2, 0.25) is 0 Å². The first-order chi connectivity index (χ1) is 8.60. The molecule has 0 aromatic carbocycles. The Kier molecular flexibility index (Phi) is 3.47. The van der Waals surface area contributed by atoms with Gasteiger partial charge >= 0.3 is 12.0 Å². The van der Waals surface area contributed by atoms with E-state index in [2.05, 4.69) is 5.10 Å². The molecule has 18 heavy (non-hydrogen) atoms. The highest BCUT2D eigenvalue weighted by atomic mass is 35.5. The van der Waals surface area contributed by atoms with Crippen LogP contribution >= 0.6 is 11.6 Å². The minimum atomic E-state index is -0.662.